The van der Waals surface area contributed by atoms with Crippen molar-refractivity contribution in [1.82, 2.24) is 9.88 Å². The first-order chi connectivity index (χ1) is 7.63. The summed E-state index contributed by atoms with van der Waals surface area (Å²) in [5.41, 5.74) is 2.22. The predicted octanol–water partition coefficient (Wildman–Crippen LogP) is 1.30. The molecule has 0 amide bonds. The van der Waals surface area contributed by atoms with Gasteiger partial charge in [-0.05, 0) is 24.5 Å². The second-order valence-corrected chi connectivity index (χ2v) is 4.47. The van der Waals surface area contributed by atoms with Gasteiger partial charge in [0.05, 0.1) is 6.42 Å². The van der Waals surface area contributed by atoms with E-state index in [9.17, 15) is 4.79 Å². The molecule has 1 aromatic rings. The van der Waals surface area contributed by atoms with E-state index in [1.807, 2.05) is 19.2 Å². The van der Waals surface area contributed by atoms with Crippen LogP contribution in [0.25, 0.3) is 0 Å². The van der Waals surface area contributed by atoms with Gasteiger partial charge in [-0.25, -0.2) is 0 Å². The van der Waals surface area contributed by atoms with E-state index in [1.165, 1.54) is 5.56 Å². The van der Waals surface area contributed by atoms with Gasteiger partial charge in [0.15, 0.2) is 0 Å². The van der Waals surface area contributed by atoms with E-state index in [0.717, 1.165) is 25.3 Å². The maximum atomic E-state index is 10.5. The molecule has 4 heteroatoms. The topological polar surface area (TPSA) is 53.4 Å². The number of carboxylic acids is 1. The average Bonchev–Trinajstić information content (AvgIpc) is 2.17. The number of hydrogen-bond acceptors (Lipinski definition) is 3. The molecular formula is C12H16N2O2. The van der Waals surface area contributed by atoms with Crippen LogP contribution in [0.15, 0.2) is 18.3 Å². The van der Waals surface area contributed by atoms with Gasteiger partial charge in [-0.2, -0.15) is 0 Å². The highest BCUT2D eigenvalue weighted by Crippen LogP contribution is 2.21. The molecular weight excluding hydrogens is 204 g/mol. The molecule has 0 spiro atoms. The van der Waals surface area contributed by atoms with Crippen LogP contribution >= 0.6 is 0 Å². The van der Waals surface area contributed by atoms with Crippen molar-refractivity contribution >= 4 is 5.97 Å². The van der Waals surface area contributed by atoms with Crippen molar-refractivity contribution in [2.24, 2.45) is 5.92 Å². The highest BCUT2D eigenvalue weighted by molar-refractivity contribution is 5.67. The van der Waals surface area contributed by atoms with Crippen molar-refractivity contribution < 1.29 is 9.90 Å². The third-order valence-electron chi connectivity index (χ3n) is 2.87. The number of carboxylic acid groups (broad SMARTS) is 1. The second-order valence-electron chi connectivity index (χ2n) is 4.47. The predicted molar refractivity (Wildman–Crippen MR) is 60.0 cm³/mol. The van der Waals surface area contributed by atoms with Crippen LogP contribution in [0.2, 0.25) is 0 Å². The Labute approximate surface area is 94.9 Å². The van der Waals surface area contributed by atoms with Gasteiger partial charge < -0.3 is 5.11 Å². The van der Waals surface area contributed by atoms with Gasteiger partial charge in [-0.1, -0.05) is 6.07 Å². The van der Waals surface area contributed by atoms with Crippen LogP contribution in [0.5, 0.6) is 0 Å². The summed E-state index contributed by atoms with van der Waals surface area (Å²) in [5, 5.41) is 8.63. The molecule has 1 fully saturated rings. The van der Waals surface area contributed by atoms with Crippen LogP contribution in [0.1, 0.15) is 17.7 Å². The Hall–Kier alpha value is -1.42. The van der Waals surface area contributed by atoms with E-state index < -0.39 is 5.97 Å². The molecule has 2 rings (SSSR count). The number of hydrogen-bond donors (Lipinski definition) is 1. The third kappa shape index (κ3) is 2.79. The lowest BCUT2D eigenvalue weighted by atomic mass is 9.96. The number of pyridine rings is 1. The first-order valence-electron chi connectivity index (χ1n) is 5.49. The monoisotopic (exact) mass is 220 g/mol. The number of aliphatic carboxylic acids is 1. The zero-order chi connectivity index (χ0) is 11.5. The Morgan fingerprint density at radius 2 is 2.31 bits per heavy atom. The van der Waals surface area contributed by atoms with Gasteiger partial charge in [0.1, 0.15) is 0 Å². The Morgan fingerprint density at radius 3 is 2.88 bits per heavy atom. The zero-order valence-corrected chi connectivity index (χ0v) is 9.39. The fourth-order valence-corrected chi connectivity index (χ4v) is 2.03. The lowest BCUT2D eigenvalue weighted by molar-refractivity contribution is -0.139. The number of rotatable bonds is 4. The molecule has 4 nitrogen and oxygen atoms in total. The van der Waals surface area contributed by atoms with E-state index in [-0.39, 0.29) is 0 Å². The molecule has 0 radical (unpaired) electrons. The maximum Gasteiger partial charge on any atom is 0.303 e. The molecule has 16 heavy (non-hydrogen) atoms. The minimum absolute atomic E-state index is 0.294. The van der Waals surface area contributed by atoms with Crippen molar-refractivity contribution in [1.29, 1.82) is 0 Å². The largest absolute Gasteiger partial charge is 0.481 e. The van der Waals surface area contributed by atoms with Crippen molar-refractivity contribution in [2.45, 2.75) is 19.9 Å². The standard InChI is InChI=1S/C12H16N2O2/c1-9-2-3-10(5-13-9)6-14-7-11(8-14)4-12(15)16/h2-3,5,11H,4,6-8H2,1H3,(H,15,16). The molecule has 86 valence electrons. The summed E-state index contributed by atoms with van der Waals surface area (Å²) in [6, 6.07) is 4.08. The third-order valence-corrected chi connectivity index (χ3v) is 2.87. The number of aryl methyl sites for hydroxylation is 1. The molecule has 0 unspecified atom stereocenters. The number of nitrogens with zero attached hydrogens (tertiary/aromatic N) is 2. The molecule has 2 heterocycles. The van der Waals surface area contributed by atoms with Crippen molar-refractivity contribution in [3.8, 4) is 0 Å². The second kappa shape index (κ2) is 4.61. The summed E-state index contributed by atoms with van der Waals surface area (Å²) >= 11 is 0. The highest BCUT2D eigenvalue weighted by atomic mass is 16.4. The SMILES string of the molecule is Cc1ccc(CN2CC(CC(=O)O)C2)cn1. The molecule has 0 aromatic carbocycles. The van der Waals surface area contributed by atoms with Crippen molar-refractivity contribution in [3.63, 3.8) is 0 Å². The van der Waals surface area contributed by atoms with Gasteiger partial charge in [-0.3, -0.25) is 14.7 Å². The Balaban J connectivity index is 1.77. The lowest BCUT2D eigenvalue weighted by Gasteiger charge is -2.38. The van der Waals surface area contributed by atoms with Gasteiger partial charge in [0.25, 0.3) is 0 Å². The summed E-state index contributed by atoms with van der Waals surface area (Å²) in [6.45, 7) is 4.63. The fourth-order valence-electron chi connectivity index (χ4n) is 2.03. The summed E-state index contributed by atoms with van der Waals surface area (Å²) < 4.78 is 0. The molecule has 1 saturated heterocycles. The molecule has 1 aliphatic heterocycles. The van der Waals surface area contributed by atoms with E-state index in [1.54, 1.807) is 0 Å². The zero-order valence-electron chi connectivity index (χ0n) is 9.39. The number of likely N-dealkylation sites (tertiary alicyclic amines) is 1. The summed E-state index contributed by atoms with van der Waals surface area (Å²) in [7, 11) is 0. The van der Waals surface area contributed by atoms with Crippen molar-refractivity contribution in [2.75, 3.05) is 13.1 Å². The summed E-state index contributed by atoms with van der Waals surface area (Å²) in [4.78, 5) is 17.0. The summed E-state index contributed by atoms with van der Waals surface area (Å²) in [6.07, 6.45) is 2.18. The Bertz CT molecular complexity index is 369. The number of aromatic nitrogens is 1. The van der Waals surface area contributed by atoms with Gasteiger partial charge in [-0.15, -0.1) is 0 Å². The van der Waals surface area contributed by atoms with Crippen LogP contribution in [0.3, 0.4) is 0 Å². The van der Waals surface area contributed by atoms with Crippen LogP contribution in [-0.2, 0) is 11.3 Å². The lowest BCUT2D eigenvalue weighted by Crippen LogP contribution is -2.46. The fraction of sp³-hybridized carbons (Fsp3) is 0.500. The van der Waals surface area contributed by atoms with Gasteiger partial charge >= 0.3 is 5.97 Å². The van der Waals surface area contributed by atoms with E-state index >= 15 is 0 Å². The van der Waals surface area contributed by atoms with E-state index in [2.05, 4.69) is 16.0 Å². The van der Waals surface area contributed by atoms with Crippen LogP contribution < -0.4 is 0 Å². The normalized spacial score (nSPS) is 17.1. The first kappa shape index (κ1) is 11.1. The average molecular weight is 220 g/mol. The minimum Gasteiger partial charge on any atom is -0.481 e. The maximum absolute atomic E-state index is 10.5. The Kier molecular flexibility index (Phi) is 3.19. The molecule has 0 aliphatic carbocycles. The number of carbonyl (C=O) groups is 1. The molecule has 0 atom stereocenters. The molecule has 1 N–H and O–H groups in total. The van der Waals surface area contributed by atoms with Gasteiger partial charge in [0, 0.05) is 31.5 Å². The molecule has 1 aliphatic rings. The van der Waals surface area contributed by atoms with Gasteiger partial charge in [0.2, 0.25) is 0 Å². The molecule has 0 saturated carbocycles. The molecule has 1 aromatic heterocycles. The van der Waals surface area contributed by atoms with Crippen LogP contribution in [0, 0.1) is 12.8 Å². The summed E-state index contributed by atoms with van der Waals surface area (Å²) in [5.74, 6) is -0.363. The minimum atomic E-state index is -0.693. The highest BCUT2D eigenvalue weighted by Gasteiger charge is 2.28. The van der Waals surface area contributed by atoms with Crippen molar-refractivity contribution in [3.05, 3.63) is 29.6 Å². The van der Waals surface area contributed by atoms with E-state index in [0.29, 0.717) is 12.3 Å². The smallest absolute Gasteiger partial charge is 0.303 e. The van der Waals surface area contributed by atoms with E-state index in [4.69, 9.17) is 5.11 Å². The van der Waals surface area contributed by atoms with Crippen LogP contribution in [0.4, 0.5) is 0 Å². The first-order valence-corrected chi connectivity index (χ1v) is 5.49. The van der Waals surface area contributed by atoms with Crippen LogP contribution in [-0.4, -0.2) is 34.0 Å². The quantitative estimate of drug-likeness (QED) is 0.831. The Morgan fingerprint density at radius 1 is 1.56 bits per heavy atom. The molecule has 0 bridgehead atoms.